The SMILES string of the molecule is Cn1ccc(-c2cnc(Cl)cc2NCC2CCC(NCCF)CC2)n1. The Morgan fingerprint density at radius 3 is 2.80 bits per heavy atom. The van der Waals surface area contributed by atoms with Crippen molar-refractivity contribution < 1.29 is 4.39 Å². The largest absolute Gasteiger partial charge is 0.384 e. The molecule has 3 rings (SSSR count). The molecule has 7 heteroatoms. The van der Waals surface area contributed by atoms with Crippen LogP contribution in [0.1, 0.15) is 25.7 Å². The summed E-state index contributed by atoms with van der Waals surface area (Å²) in [6.45, 7) is 1.08. The van der Waals surface area contributed by atoms with Crippen molar-refractivity contribution in [3.63, 3.8) is 0 Å². The van der Waals surface area contributed by atoms with Crippen molar-refractivity contribution in [1.29, 1.82) is 0 Å². The molecule has 25 heavy (non-hydrogen) atoms. The molecule has 1 aliphatic rings. The van der Waals surface area contributed by atoms with Crippen molar-refractivity contribution in [3.8, 4) is 11.3 Å². The van der Waals surface area contributed by atoms with E-state index in [2.05, 4.69) is 20.7 Å². The number of nitrogens with one attached hydrogen (secondary N) is 2. The summed E-state index contributed by atoms with van der Waals surface area (Å²) < 4.78 is 14.0. The van der Waals surface area contributed by atoms with Gasteiger partial charge in [-0.15, -0.1) is 0 Å². The first-order valence-electron chi connectivity index (χ1n) is 8.84. The highest BCUT2D eigenvalue weighted by Gasteiger charge is 2.21. The van der Waals surface area contributed by atoms with Gasteiger partial charge >= 0.3 is 0 Å². The summed E-state index contributed by atoms with van der Waals surface area (Å²) in [6, 6.07) is 4.30. The Labute approximate surface area is 153 Å². The molecule has 0 atom stereocenters. The lowest BCUT2D eigenvalue weighted by atomic mass is 9.86. The minimum Gasteiger partial charge on any atom is -0.384 e. The van der Waals surface area contributed by atoms with E-state index in [-0.39, 0.29) is 6.67 Å². The van der Waals surface area contributed by atoms with Crippen LogP contribution in [0.4, 0.5) is 10.1 Å². The lowest BCUT2D eigenvalue weighted by molar-refractivity contribution is 0.294. The highest BCUT2D eigenvalue weighted by Crippen LogP contribution is 2.30. The number of pyridine rings is 1. The second-order valence-corrected chi connectivity index (χ2v) is 7.06. The lowest BCUT2D eigenvalue weighted by Crippen LogP contribution is -2.35. The Hall–Kier alpha value is -1.66. The molecule has 0 bridgehead atoms. The molecule has 0 aromatic carbocycles. The molecule has 1 aliphatic carbocycles. The van der Waals surface area contributed by atoms with Gasteiger partial charge in [-0.2, -0.15) is 5.10 Å². The van der Waals surface area contributed by atoms with E-state index in [1.807, 2.05) is 25.4 Å². The van der Waals surface area contributed by atoms with Crippen molar-refractivity contribution in [2.45, 2.75) is 31.7 Å². The van der Waals surface area contributed by atoms with Crippen LogP contribution in [0.25, 0.3) is 11.3 Å². The summed E-state index contributed by atoms with van der Waals surface area (Å²) in [5.41, 5.74) is 2.81. The van der Waals surface area contributed by atoms with E-state index in [1.54, 1.807) is 10.9 Å². The van der Waals surface area contributed by atoms with E-state index in [0.29, 0.717) is 23.7 Å². The molecule has 0 unspecified atom stereocenters. The maximum atomic E-state index is 12.3. The van der Waals surface area contributed by atoms with Crippen LogP contribution < -0.4 is 10.6 Å². The number of hydrogen-bond donors (Lipinski definition) is 2. The van der Waals surface area contributed by atoms with Gasteiger partial charge in [-0.05, 0) is 43.7 Å². The van der Waals surface area contributed by atoms with Gasteiger partial charge in [0.05, 0.1) is 5.69 Å². The van der Waals surface area contributed by atoms with Gasteiger partial charge in [-0.3, -0.25) is 4.68 Å². The van der Waals surface area contributed by atoms with E-state index in [4.69, 9.17) is 11.6 Å². The molecular formula is C18H25ClFN5. The summed E-state index contributed by atoms with van der Waals surface area (Å²) >= 11 is 6.08. The molecule has 2 N–H and O–H groups in total. The third kappa shape index (κ3) is 4.92. The maximum Gasteiger partial charge on any atom is 0.131 e. The second-order valence-electron chi connectivity index (χ2n) is 6.67. The molecule has 0 amide bonds. The number of rotatable bonds is 7. The zero-order valence-electron chi connectivity index (χ0n) is 14.5. The fraction of sp³-hybridized carbons (Fsp3) is 0.556. The average Bonchev–Trinajstić information content (AvgIpc) is 3.05. The van der Waals surface area contributed by atoms with E-state index in [0.717, 1.165) is 49.2 Å². The third-order valence-electron chi connectivity index (χ3n) is 4.82. The zero-order valence-corrected chi connectivity index (χ0v) is 15.3. The van der Waals surface area contributed by atoms with Crippen LogP contribution in [0.5, 0.6) is 0 Å². The average molecular weight is 366 g/mol. The third-order valence-corrected chi connectivity index (χ3v) is 5.02. The van der Waals surface area contributed by atoms with Crippen molar-refractivity contribution >= 4 is 17.3 Å². The first-order chi connectivity index (χ1) is 12.2. The molecule has 5 nitrogen and oxygen atoms in total. The molecule has 2 heterocycles. The molecule has 0 saturated heterocycles. The van der Waals surface area contributed by atoms with Crippen LogP contribution >= 0.6 is 11.6 Å². The van der Waals surface area contributed by atoms with Crippen LogP contribution in [0.3, 0.4) is 0 Å². The van der Waals surface area contributed by atoms with Crippen molar-refractivity contribution in [2.24, 2.45) is 13.0 Å². The molecule has 0 spiro atoms. The highest BCUT2D eigenvalue weighted by atomic mass is 35.5. The van der Waals surface area contributed by atoms with E-state index in [9.17, 15) is 4.39 Å². The summed E-state index contributed by atoms with van der Waals surface area (Å²) in [6.07, 6.45) is 8.20. The second kappa shape index (κ2) is 8.63. The Morgan fingerprint density at radius 1 is 1.32 bits per heavy atom. The first-order valence-corrected chi connectivity index (χ1v) is 9.22. The number of halogens is 2. The summed E-state index contributed by atoms with van der Waals surface area (Å²) in [4.78, 5) is 4.20. The van der Waals surface area contributed by atoms with Gasteiger partial charge < -0.3 is 10.6 Å². The molecule has 2 aromatic rings. The number of anilines is 1. The summed E-state index contributed by atoms with van der Waals surface area (Å²) in [5, 5.41) is 11.7. The monoisotopic (exact) mass is 365 g/mol. The van der Waals surface area contributed by atoms with Crippen molar-refractivity contribution in [2.75, 3.05) is 25.1 Å². The molecule has 0 radical (unpaired) electrons. The number of nitrogens with zero attached hydrogens (tertiary/aromatic N) is 3. The van der Waals surface area contributed by atoms with Gasteiger partial charge in [0.2, 0.25) is 0 Å². The fourth-order valence-corrected chi connectivity index (χ4v) is 3.58. The Kier molecular flexibility index (Phi) is 6.26. The first kappa shape index (κ1) is 18.1. The molecule has 0 aliphatic heterocycles. The topological polar surface area (TPSA) is 54.8 Å². The predicted molar refractivity (Wildman–Crippen MR) is 99.7 cm³/mol. The summed E-state index contributed by atoms with van der Waals surface area (Å²) in [7, 11) is 1.90. The van der Waals surface area contributed by atoms with Gasteiger partial charge in [0.15, 0.2) is 0 Å². The Balaban J connectivity index is 1.59. The Morgan fingerprint density at radius 2 is 2.12 bits per heavy atom. The van der Waals surface area contributed by atoms with Gasteiger partial charge in [0.1, 0.15) is 11.8 Å². The van der Waals surface area contributed by atoms with Crippen LogP contribution in [0.2, 0.25) is 5.15 Å². The van der Waals surface area contributed by atoms with E-state index in [1.165, 1.54) is 0 Å². The normalized spacial score (nSPS) is 20.6. The van der Waals surface area contributed by atoms with E-state index < -0.39 is 0 Å². The van der Waals surface area contributed by atoms with Crippen molar-refractivity contribution in [3.05, 3.63) is 29.7 Å². The molecule has 1 fully saturated rings. The summed E-state index contributed by atoms with van der Waals surface area (Å²) in [5.74, 6) is 0.618. The lowest BCUT2D eigenvalue weighted by Gasteiger charge is -2.29. The standard InChI is InChI=1S/C18H25ClFN5/c1-25-9-6-16(24-25)15-12-23-18(19)10-17(15)22-11-13-2-4-14(5-3-13)21-8-7-20/h6,9-10,12-14,21H,2-5,7-8,11H2,1H3,(H,22,23). The van der Waals surface area contributed by atoms with Gasteiger partial charge in [0.25, 0.3) is 0 Å². The smallest absolute Gasteiger partial charge is 0.131 e. The van der Waals surface area contributed by atoms with Crippen molar-refractivity contribution in [1.82, 2.24) is 20.1 Å². The van der Waals surface area contributed by atoms with Crippen LogP contribution in [-0.2, 0) is 7.05 Å². The Bertz CT molecular complexity index is 682. The van der Waals surface area contributed by atoms with Crippen LogP contribution in [0, 0.1) is 5.92 Å². The highest BCUT2D eigenvalue weighted by molar-refractivity contribution is 6.29. The van der Waals surface area contributed by atoms with Crippen LogP contribution in [-0.4, -0.2) is 40.6 Å². The number of aromatic nitrogens is 3. The fourth-order valence-electron chi connectivity index (χ4n) is 3.42. The number of alkyl halides is 1. The molecular weight excluding hydrogens is 341 g/mol. The maximum absolute atomic E-state index is 12.3. The van der Waals surface area contributed by atoms with E-state index >= 15 is 0 Å². The van der Waals surface area contributed by atoms with Crippen LogP contribution in [0.15, 0.2) is 24.5 Å². The van der Waals surface area contributed by atoms with Gasteiger partial charge in [0, 0.05) is 49.8 Å². The molecule has 136 valence electrons. The zero-order chi connectivity index (χ0) is 17.6. The minimum absolute atomic E-state index is 0.291. The quantitative estimate of drug-likeness (QED) is 0.735. The molecule has 2 aromatic heterocycles. The number of aryl methyl sites for hydroxylation is 1. The molecule has 1 saturated carbocycles. The van der Waals surface area contributed by atoms with Gasteiger partial charge in [-0.1, -0.05) is 11.6 Å². The number of hydrogen-bond acceptors (Lipinski definition) is 4. The van der Waals surface area contributed by atoms with Gasteiger partial charge in [-0.25, -0.2) is 9.37 Å². The minimum atomic E-state index is -0.291. The predicted octanol–water partition coefficient (Wildman–Crippen LogP) is 3.67.